The average Bonchev–Trinajstić information content (AvgIpc) is 3.26. The molecule has 0 nitrogen and oxygen atoms in total. The second kappa shape index (κ2) is 8.16. The molecule has 1 heteroatoms. The summed E-state index contributed by atoms with van der Waals surface area (Å²) in [6.07, 6.45) is 7.25. The molecule has 140 valence electrons. The van der Waals surface area contributed by atoms with Crippen molar-refractivity contribution in [2.45, 2.75) is 26.7 Å². The van der Waals surface area contributed by atoms with Crippen molar-refractivity contribution in [1.29, 1.82) is 0 Å². The molecule has 0 N–H and O–H groups in total. The van der Waals surface area contributed by atoms with E-state index in [0.717, 1.165) is 6.42 Å². The van der Waals surface area contributed by atoms with Gasteiger partial charge >= 0.3 is 0 Å². The Morgan fingerprint density at radius 2 is 1.14 bits per heavy atom. The van der Waals surface area contributed by atoms with Gasteiger partial charge in [0.25, 0.3) is 0 Å². The highest BCUT2D eigenvalue weighted by atomic mass is 28.3. The normalized spacial score (nSPS) is 15.1. The predicted molar refractivity (Wildman–Crippen MR) is 124 cm³/mol. The topological polar surface area (TPSA) is 0 Å². The predicted octanol–water partition coefficient (Wildman–Crippen LogP) is 5.00. The molecule has 0 saturated carbocycles. The standard InChI is InChI=1S/C27H28Si/c1-3-22(2)23-19-20-27(21-23)28(24-13-7-4-8-14-24,25-15-9-5-10-16-25)26-17-11-6-12-18-26/h4-19,21-22H,3,20H2,1-2H3. The van der Waals surface area contributed by atoms with Gasteiger partial charge in [-0.05, 0) is 39.9 Å². The maximum absolute atomic E-state index is 2.54. The highest BCUT2D eigenvalue weighted by molar-refractivity contribution is 7.16. The lowest BCUT2D eigenvalue weighted by Gasteiger charge is -2.35. The molecule has 3 aromatic rings. The summed E-state index contributed by atoms with van der Waals surface area (Å²) in [6, 6.07) is 33.6. The number of benzene rings is 3. The first-order valence-electron chi connectivity index (χ1n) is 10.3. The van der Waals surface area contributed by atoms with Gasteiger partial charge in [0, 0.05) is 0 Å². The third kappa shape index (κ3) is 3.20. The highest BCUT2D eigenvalue weighted by Crippen LogP contribution is 2.31. The van der Waals surface area contributed by atoms with Crippen LogP contribution in [0.1, 0.15) is 26.7 Å². The smallest absolute Gasteiger partial charge is 0.0773 e. The Balaban J connectivity index is 2.01. The first-order chi connectivity index (χ1) is 13.8. The monoisotopic (exact) mass is 380 g/mol. The molecule has 1 aliphatic rings. The van der Waals surface area contributed by atoms with Crippen molar-refractivity contribution < 1.29 is 0 Å². The van der Waals surface area contributed by atoms with Crippen LogP contribution in [0.2, 0.25) is 0 Å². The van der Waals surface area contributed by atoms with E-state index in [1.165, 1.54) is 27.6 Å². The summed E-state index contributed by atoms with van der Waals surface area (Å²) < 4.78 is 0. The Hall–Kier alpha value is -2.64. The number of hydrogen-bond donors (Lipinski definition) is 0. The fourth-order valence-electron chi connectivity index (χ4n) is 4.51. The van der Waals surface area contributed by atoms with E-state index >= 15 is 0 Å². The van der Waals surface area contributed by atoms with Crippen LogP contribution >= 0.6 is 0 Å². The molecule has 0 heterocycles. The summed E-state index contributed by atoms with van der Waals surface area (Å²) in [7, 11) is -2.28. The van der Waals surface area contributed by atoms with Crippen LogP contribution in [0.4, 0.5) is 0 Å². The lowest BCUT2D eigenvalue weighted by molar-refractivity contribution is 0.671. The van der Waals surface area contributed by atoms with Crippen LogP contribution in [0.15, 0.2) is 114 Å². The van der Waals surface area contributed by atoms with Crippen LogP contribution in [0.3, 0.4) is 0 Å². The molecular weight excluding hydrogens is 352 g/mol. The van der Waals surface area contributed by atoms with Gasteiger partial charge in [0.2, 0.25) is 0 Å². The van der Waals surface area contributed by atoms with Gasteiger partial charge in [0.1, 0.15) is 0 Å². The summed E-state index contributed by atoms with van der Waals surface area (Å²) >= 11 is 0. The Morgan fingerprint density at radius 3 is 1.54 bits per heavy atom. The van der Waals surface area contributed by atoms with E-state index in [1.54, 1.807) is 5.20 Å². The van der Waals surface area contributed by atoms with Gasteiger partial charge in [0.05, 0.1) is 0 Å². The lowest BCUT2D eigenvalue weighted by atomic mass is 10.0. The van der Waals surface area contributed by atoms with E-state index in [0.29, 0.717) is 5.92 Å². The minimum absolute atomic E-state index is 0.617. The molecule has 3 aromatic carbocycles. The quantitative estimate of drug-likeness (QED) is 0.417. The molecule has 0 radical (unpaired) electrons. The van der Waals surface area contributed by atoms with E-state index < -0.39 is 8.07 Å². The summed E-state index contributed by atoms with van der Waals surface area (Å²) in [5.41, 5.74) is 1.51. The maximum Gasteiger partial charge on any atom is 0.175 e. The SMILES string of the molecule is CCC(C)C1=CCC([Si](c2ccccc2)(c2ccccc2)c2ccccc2)=C1. The number of allylic oxidation sites excluding steroid dienone is 4. The van der Waals surface area contributed by atoms with Gasteiger partial charge < -0.3 is 0 Å². The van der Waals surface area contributed by atoms with Gasteiger partial charge in [-0.1, -0.05) is 122 Å². The fourth-order valence-corrected chi connectivity index (χ4v) is 9.49. The zero-order valence-electron chi connectivity index (χ0n) is 16.8. The van der Waals surface area contributed by atoms with Crippen LogP contribution in [0.5, 0.6) is 0 Å². The molecule has 0 bridgehead atoms. The minimum atomic E-state index is -2.28. The molecule has 28 heavy (non-hydrogen) atoms. The summed E-state index contributed by atoms with van der Waals surface area (Å²) in [5, 5.41) is 6.01. The van der Waals surface area contributed by atoms with Crippen molar-refractivity contribution in [1.82, 2.24) is 0 Å². The van der Waals surface area contributed by atoms with Crippen molar-refractivity contribution in [2.75, 3.05) is 0 Å². The number of rotatable bonds is 6. The van der Waals surface area contributed by atoms with E-state index in [1.807, 2.05) is 0 Å². The molecule has 1 atom stereocenters. The zero-order valence-corrected chi connectivity index (χ0v) is 17.8. The second-order valence-electron chi connectivity index (χ2n) is 7.74. The van der Waals surface area contributed by atoms with Gasteiger partial charge in [-0.3, -0.25) is 0 Å². The summed E-state index contributed by atoms with van der Waals surface area (Å²) in [5.74, 6) is 0.617. The van der Waals surface area contributed by atoms with E-state index in [9.17, 15) is 0 Å². The second-order valence-corrected chi connectivity index (χ2v) is 11.6. The van der Waals surface area contributed by atoms with Crippen molar-refractivity contribution in [3.63, 3.8) is 0 Å². The van der Waals surface area contributed by atoms with Gasteiger partial charge in [-0.2, -0.15) is 0 Å². The highest BCUT2D eigenvalue weighted by Gasteiger charge is 2.43. The largest absolute Gasteiger partial charge is 0.175 e. The molecule has 0 spiro atoms. The lowest BCUT2D eigenvalue weighted by Crippen LogP contribution is -2.68. The van der Waals surface area contributed by atoms with E-state index in [4.69, 9.17) is 0 Å². The Bertz CT molecular complexity index is 872. The molecule has 0 fully saturated rings. The van der Waals surface area contributed by atoms with Gasteiger partial charge in [-0.15, -0.1) is 0 Å². The van der Waals surface area contributed by atoms with Crippen LogP contribution in [-0.2, 0) is 0 Å². The first-order valence-corrected chi connectivity index (χ1v) is 12.3. The maximum atomic E-state index is 2.54. The van der Waals surface area contributed by atoms with Crippen molar-refractivity contribution >= 4 is 23.6 Å². The molecule has 0 saturated heterocycles. The van der Waals surface area contributed by atoms with E-state index in [2.05, 4.69) is 117 Å². The fraction of sp³-hybridized carbons (Fsp3) is 0.185. The van der Waals surface area contributed by atoms with Crippen LogP contribution < -0.4 is 15.6 Å². The molecule has 0 aliphatic heterocycles. The molecule has 1 unspecified atom stereocenters. The van der Waals surface area contributed by atoms with Crippen LogP contribution in [0, 0.1) is 5.92 Å². The summed E-state index contributed by atoms with van der Waals surface area (Å²) in [4.78, 5) is 0. The van der Waals surface area contributed by atoms with E-state index in [-0.39, 0.29) is 0 Å². The Kier molecular flexibility index (Phi) is 5.45. The third-order valence-electron chi connectivity index (χ3n) is 6.18. The third-order valence-corrected chi connectivity index (χ3v) is 11.1. The average molecular weight is 381 g/mol. The first kappa shape index (κ1) is 18.7. The molecular formula is C27H28Si. The van der Waals surface area contributed by atoms with Gasteiger partial charge in [0.15, 0.2) is 8.07 Å². The van der Waals surface area contributed by atoms with Crippen molar-refractivity contribution in [2.24, 2.45) is 5.92 Å². The Morgan fingerprint density at radius 1 is 0.714 bits per heavy atom. The van der Waals surface area contributed by atoms with Crippen LogP contribution in [0.25, 0.3) is 0 Å². The van der Waals surface area contributed by atoms with Crippen molar-refractivity contribution in [3.05, 3.63) is 114 Å². The molecule has 0 aromatic heterocycles. The van der Waals surface area contributed by atoms with Gasteiger partial charge in [-0.25, -0.2) is 0 Å². The molecule has 1 aliphatic carbocycles. The Labute approximate surface area is 170 Å². The summed E-state index contributed by atoms with van der Waals surface area (Å²) in [6.45, 7) is 4.63. The van der Waals surface area contributed by atoms with Crippen molar-refractivity contribution in [3.8, 4) is 0 Å². The minimum Gasteiger partial charge on any atom is -0.0773 e. The molecule has 4 rings (SSSR count). The van der Waals surface area contributed by atoms with Crippen LogP contribution in [-0.4, -0.2) is 8.07 Å². The number of hydrogen-bond acceptors (Lipinski definition) is 0. The zero-order chi connectivity index (χ0) is 19.4. The molecule has 0 amide bonds.